The summed E-state index contributed by atoms with van der Waals surface area (Å²) < 4.78 is 24.1. The van der Waals surface area contributed by atoms with Gasteiger partial charge in [0.05, 0.1) is 6.04 Å². The first-order chi connectivity index (χ1) is 9.41. The van der Waals surface area contributed by atoms with Gasteiger partial charge in [0.2, 0.25) is 0 Å². The van der Waals surface area contributed by atoms with Gasteiger partial charge in [-0.15, -0.1) is 0 Å². The van der Waals surface area contributed by atoms with Crippen molar-refractivity contribution in [3.8, 4) is 0 Å². The first-order valence-electron chi connectivity index (χ1n) is 6.59. The highest BCUT2D eigenvalue weighted by Gasteiger charge is 2.37. The number of aromatic nitrogens is 1. The lowest BCUT2D eigenvalue weighted by atomic mass is 10.0. The topological polar surface area (TPSA) is 76.3 Å². The quantitative estimate of drug-likeness (QED) is 0.889. The van der Waals surface area contributed by atoms with Crippen molar-refractivity contribution in [2.24, 2.45) is 5.73 Å². The predicted octanol–water partition coefficient (Wildman–Crippen LogP) is 0.889. The number of nitrogens with zero attached hydrogens (tertiary/aromatic N) is 2. The highest BCUT2D eigenvalue weighted by Crippen LogP contribution is 2.31. The SMILES string of the molecule is CC(N)C(c1cccnc1)N1CCSCC1S(C)(=O)=O. The Labute approximate surface area is 124 Å². The van der Waals surface area contributed by atoms with E-state index in [4.69, 9.17) is 5.73 Å². The number of sulfone groups is 1. The molecule has 5 nitrogen and oxygen atoms in total. The van der Waals surface area contributed by atoms with E-state index >= 15 is 0 Å². The van der Waals surface area contributed by atoms with E-state index in [0.29, 0.717) is 5.75 Å². The summed E-state index contributed by atoms with van der Waals surface area (Å²) in [6.07, 6.45) is 4.79. The van der Waals surface area contributed by atoms with Crippen LogP contribution in [0.5, 0.6) is 0 Å². The van der Waals surface area contributed by atoms with Crippen molar-refractivity contribution in [1.82, 2.24) is 9.88 Å². The Morgan fingerprint density at radius 2 is 2.30 bits per heavy atom. The Balaban J connectivity index is 2.37. The molecule has 0 spiro atoms. The number of hydrogen-bond donors (Lipinski definition) is 1. The molecule has 1 aromatic rings. The normalized spacial score (nSPS) is 24.2. The van der Waals surface area contributed by atoms with Crippen molar-refractivity contribution in [3.05, 3.63) is 30.1 Å². The zero-order valence-electron chi connectivity index (χ0n) is 11.8. The largest absolute Gasteiger partial charge is 0.326 e. The van der Waals surface area contributed by atoms with Crippen LogP contribution in [0.3, 0.4) is 0 Å². The molecule has 1 aliphatic rings. The van der Waals surface area contributed by atoms with Gasteiger partial charge in [-0.05, 0) is 18.6 Å². The number of pyridine rings is 1. The van der Waals surface area contributed by atoms with Crippen molar-refractivity contribution in [2.45, 2.75) is 24.4 Å². The van der Waals surface area contributed by atoms with Crippen LogP contribution in [0.15, 0.2) is 24.5 Å². The summed E-state index contributed by atoms with van der Waals surface area (Å²) in [5.41, 5.74) is 7.11. The molecular formula is C13H21N3O2S2. The van der Waals surface area contributed by atoms with Gasteiger partial charge in [0.25, 0.3) is 0 Å². The second-order valence-corrected chi connectivity index (χ2v) is 8.54. The molecule has 1 fully saturated rings. The van der Waals surface area contributed by atoms with E-state index in [0.717, 1.165) is 17.9 Å². The third-order valence-electron chi connectivity index (χ3n) is 3.50. The fourth-order valence-electron chi connectivity index (χ4n) is 2.63. The molecule has 0 saturated carbocycles. The second-order valence-electron chi connectivity index (χ2n) is 5.19. The first-order valence-corrected chi connectivity index (χ1v) is 9.70. The fraction of sp³-hybridized carbons (Fsp3) is 0.615. The molecule has 7 heteroatoms. The van der Waals surface area contributed by atoms with Crippen LogP contribution < -0.4 is 5.73 Å². The molecule has 1 aliphatic heterocycles. The van der Waals surface area contributed by atoms with Crippen LogP contribution in [0, 0.1) is 0 Å². The van der Waals surface area contributed by atoms with Crippen LogP contribution >= 0.6 is 11.8 Å². The minimum atomic E-state index is -3.13. The van der Waals surface area contributed by atoms with E-state index in [2.05, 4.69) is 4.98 Å². The third kappa shape index (κ3) is 3.52. The molecule has 2 rings (SSSR count). The van der Waals surface area contributed by atoms with Gasteiger partial charge in [0, 0.05) is 42.7 Å². The van der Waals surface area contributed by atoms with Crippen molar-refractivity contribution in [1.29, 1.82) is 0 Å². The van der Waals surface area contributed by atoms with Gasteiger partial charge in [0.1, 0.15) is 5.37 Å². The van der Waals surface area contributed by atoms with Crippen LogP contribution in [-0.4, -0.2) is 54.0 Å². The summed E-state index contributed by atoms with van der Waals surface area (Å²) in [6.45, 7) is 2.64. The summed E-state index contributed by atoms with van der Waals surface area (Å²) in [4.78, 5) is 6.15. The fourth-order valence-corrected chi connectivity index (χ4v) is 5.54. The van der Waals surface area contributed by atoms with Crippen molar-refractivity contribution in [2.75, 3.05) is 24.3 Å². The monoisotopic (exact) mass is 315 g/mol. The lowest BCUT2D eigenvalue weighted by Crippen LogP contribution is -2.52. The number of thioether (sulfide) groups is 1. The van der Waals surface area contributed by atoms with Crippen molar-refractivity contribution in [3.63, 3.8) is 0 Å². The molecule has 0 bridgehead atoms. The molecule has 0 aromatic carbocycles. The zero-order valence-corrected chi connectivity index (χ0v) is 13.4. The molecule has 3 atom stereocenters. The second kappa shape index (κ2) is 6.43. The molecule has 20 heavy (non-hydrogen) atoms. The van der Waals surface area contributed by atoms with Gasteiger partial charge in [0.15, 0.2) is 9.84 Å². The Kier molecular flexibility index (Phi) is 5.06. The summed E-state index contributed by atoms with van der Waals surface area (Å²) in [7, 11) is -3.13. The standard InChI is InChI=1S/C13H21N3O2S2/c1-10(14)13(11-4-3-5-15-8-11)16-6-7-19-9-12(16)20(2,17)18/h3-5,8,10,12-13H,6-7,9,14H2,1-2H3. The maximum absolute atomic E-state index is 12.0. The van der Waals surface area contributed by atoms with E-state index < -0.39 is 15.2 Å². The van der Waals surface area contributed by atoms with Gasteiger partial charge in [-0.2, -0.15) is 11.8 Å². The Morgan fingerprint density at radius 3 is 2.85 bits per heavy atom. The number of hydrogen-bond acceptors (Lipinski definition) is 6. The Morgan fingerprint density at radius 1 is 1.55 bits per heavy atom. The molecule has 0 amide bonds. The average molecular weight is 315 g/mol. The summed E-state index contributed by atoms with van der Waals surface area (Å²) in [5, 5.41) is -0.475. The highest BCUT2D eigenvalue weighted by atomic mass is 32.2. The number of nitrogens with two attached hydrogens (primary N) is 1. The Bertz CT molecular complexity index is 534. The summed E-state index contributed by atoms with van der Waals surface area (Å²) in [5.74, 6) is 1.53. The van der Waals surface area contributed by atoms with Gasteiger partial charge in [-0.3, -0.25) is 9.88 Å². The van der Waals surface area contributed by atoms with E-state index in [1.807, 2.05) is 24.0 Å². The van der Waals surface area contributed by atoms with Crippen LogP contribution in [0.4, 0.5) is 0 Å². The van der Waals surface area contributed by atoms with Crippen LogP contribution in [0.2, 0.25) is 0 Å². The summed E-state index contributed by atoms with van der Waals surface area (Å²) >= 11 is 1.68. The van der Waals surface area contributed by atoms with Gasteiger partial charge >= 0.3 is 0 Å². The smallest absolute Gasteiger partial charge is 0.164 e. The molecule has 2 N–H and O–H groups in total. The van der Waals surface area contributed by atoms with Crippen LogP contribution in [-0.2, 0) is 9.84 Å². The molecule has 2 heterocycles. The highest BCUT2D eigenvalue weighted by molar-refractivity contribution is 8.00. The molecule has 1 saturated heterocycles. The first kappa shape index (κ1) is 15.8. The number of rotatable bonds is 4. The van der Waals surface area contributed by atoms with Gasteiger partial charge in [-0.1, -0.05) is 6.07 Å². The summed E-state index contributed by atoms with van der Waals surface area (Å²) in [6, 6.07) is 3.54. The van der Waals surface area contributed by atoms with E-state index in [1.54, 1.807) is 24.2 Å². The molecule has 1 aromatic heterocycles. The third-order valence-corrected chi connectivity index (χ3v) is 6.16. The Hall–Kier alpha value is -0.630. The maximum Gasteiger partial charge on any atom is 0.164 e. The molecule has 0 aliphatic carbocycles. The van der Waals surface area contributed by atoms with Crippen LogP contribution in [0.1, 0.15) is 18.5 Å². The lowest BCUT2D eigenvalue weighted by molar-refractivity contribution is 0.172. The molecule has 112 valence electrons. The molecular weight excluding hydrogens is 294 g/mol. The van der Waals surface area contributed by atoms with Crippen molar-refractivity contribution >= 4 is 21.6 Å². The lowest BCUT2D eigenvalue weighted by Gasteiger charge is -2.41. The predicted molar refractivity (Wildman–Crippen MR) is 83.3 cm³/mol. The van der Waals surface area contributed by atoms with E-state index in [9.17, 15) is 8.42 Å². The van der Waals surface area contributed by atoms with Crippen molar-refractivity contribution < 1.29 is 8.42 Å². The average Bonchev–Trinajstić information content (AvgIpc) is 2.39. The minimum absolute atomic E-state index is 0.121. The zero-order chi connectivity index (χ0) is 14.8. The molecule has 3 unspecified atom stereocenters. The van der Waals surface area contributed by atoms with Gasteiger partial charge < -0.3 is 5.73 Å². The maximum atomic E-state index is 12.0. The van der Waals surface area contributed by atoms with E-state index in [1.165, 1.54) is 6.26 Å². The molecule has 0 radical (unpaired) electrons. The van der Waals surface area contributed by atoms with Crippen LogP contribution in [0.25, 0.3) is 0 Å². The van der Waals surface area contributed by atoms with E-state index in [-0.39, 0.29) is 12.1 Å². The minimum Gasteiger partial charge on any atom is -0.326 e. The van der Waals surface area contributed by atoms with Gasteiger partial charge in [-0.25, -0.2) is 8.42 Å².